The SMILES string of the molecule is c1ccc(-c2ccccn2)nc1.c1ccc(-c2cccnc2-c2ccccn2)nc1. The van der Waals surface area contributed by atoms with Gasteiger partial charge >= 0.3 is 0 Å². The average Bonchev–Trinajstić information content (AvgIpc) is 2.87. The quantitative estimate of drug-likeness (QED) is 0.416. The molecule has 0 saturated heterocycles. The molecule has 0 fully saturated rings. The van der Waals surface area contributed by atoms with E-state index in [1.54, 1.807) is 31.0 Å². The van der Waals surface area contributed by atoms with E-state index in [0.29, 0.717) is 0 Å². The Morgan fingerprint density at radius 3 is 1.23 bits per heavy atom. The lowest BCUT2D eigenvalue weighted by molar-refractivity contribution is 1.23. The van der Waals surface area contributed by atoms with Gasteiger partial charge in [-0.15, -0.1) is 0 Å². The van der Waals surface area contributed by atoms with Crippen molar-refractivity contribution >= 4 is 0 Å². The molecule has 0 aliphatic carbocycles. The number of nitrogens with zero attached hydrogens (tertiary/aromatic N) is 5. The van der Waals surface area contributed by atoms with E-state index < -0.39 is 0 Å². The van der Waals surface area contributed by atoms with Gasteiger partial charge in [0.05, 0.1) is 28.5 Å². The Bertz CT molecular complexity index is 1070. The maximum Gasteiger partial charge on any atom is 0.0980 e. The maximum absolute atomic E-state index is 4.42. The number of hydrogen-bond acceptors (Lipinski definition) is 5. The van der Waals surface area contributed by atoms with E-state index in [1.165, 1.54) is 0 Å². The van der Waals surface area contributed by atoms with Crippen LogP contribution in [0.15, 0.2) is 116 Å². The summed E-state index contributed by atoms with van der Waals surface area (Å²) in [7, 11) is 0. The highest BCUT2D eigenvalue weighted by molar-refractivity contribution is 5.76. The van der Waals surface area contributed by atoms with Crippen molar-refractivity contribution in [1.82, 2.24) is 24.9 Å². The summed E-state index contributed by atoms with van der Waals surface area (Å²) in [5.41, 5.74) is 5.45. The molecular weight excluding hydrogens is 370 g/mol. The van der Waals surface area contributed by atoms with Gasteiger partial charge in [0.25, 0.3) is 0 Å². The molecule has 5 heterocycles. The molecule has 0 amide bonds. The van der Waals surface area contributed by atoms with Crippen LogP contribution in [0.3, 0.4) is 0 Å². The highest BCUT2D eigenvalue weighted by Gasteiger charge is 2.09. The van der Waals surface area contributed by atoms with Crippen molar-refractivity contribution in [2.45, 2.75) is 0 Å². The molecule has 0 atom stereocenters. The van der Waals surface area contributed by atoms with Crippen LogP contribution in [0.5, 0.6) is 0 Å². The van der Waals surface area contributed by atoms with Crippen molar-refractivity contribution in [3.63, 3.8) is 0 Å². The predicted molar refractivity (Wildman–Crippen MR) is 118 cm³/mol. The topological polar surface area (TPSA) is 64.5 Å². The van der Waals surface area contributed by atoms with Crippen LogP contribution in [0.2, 0.25) is 0 Å². The molecule has 30 heavy (non-hydrogen) atoms. The molecule has 0 spiro atoms. The Hall–Kier alpha value is -4.25. The first-order valence-corrected chi connectivity index (χ1v) is 9.52. The molecule has 144 valence electrons. The van der Waals surface area contributed by atoms with E-state index in [9.17, 15) is 0 Å². The minimum absolute atomic E-state index is 0.858. The second-order valence-electron chi connectivity index (χ2n) is 6.26. The van der Waals surface area contributed by atoms with E-state index in [2.05, 4.69) is 24.9 Å². The van der Waals surface area contributed by atoms with Crippen LogP contribution in [0, 0.1) is 0 Å². The highest BCUT2D eigenvalue weighted by atomic mass is 14.8. The van der Waals surface area contributed by atoms with Gasteiger partial charge < -0.3 is 0 Å². The second-order valence-corrected chi connectivity index (χ2v) is 6.26. The Labute approximate surface area is 175 Å². The molecule has 5 rings (SSSR count). The Morgan fingerprint density at radius 1 is 0.333 bits per heavy atom. The van der Waals surface area contributed by atoms with Crippen molar-refractivity contribution in [3.8, 4) is 34.0 Å². The zero-order valence-corrected chi connectivity index (χ0v) is 16.2. The molecule has 0 bridgehead atoms. The molecule has 0 aromatic carbocycles. The van der Waals surface area contributed by atoms with Crippen LogP contribution in [-0.2, 0) is 0 Å². The molecule has 0 aliphatic rings. The van der Waals surface area contributed by atoms with Crippen LogP contribution in [-0.4, -0.2) is 24.9 Å². The first kappa shape index (κ1) is 19.1. The van der Waals surface area contributed by atoms with Gasteiger partial charge in [-0.25, -0.2) is 0 Å². The lowest BCUT2D eigenvalue weighted by atomic mass is 10.1. The van der Waals surface area contributed by atoms with Gasteiger partial charge in [0.2, 0.25) is 0 Å². The molecule has 0 unspecified atom stereocenters. The summed E-state index contributed by atoms with van der Waals surface area (Å²) in [6, 6.07) is 27.2. The summed E-state index contributed by atoms with van der Waals surface area (Å²) in [6.45, 7) is 0. The molecule has 5 nitrogen and oxygen atoms in total. The summed E-state index contributed by atoms with van der Waals surface area (Å²) in [5.74, 6) is 0. The van der Waals surface area contributed by atoms with E-state index in [-0.39, 0.29) is 0 Å². The Kier molecular flexibility index (Phi) is 6.23. The lowest BCUT2D eigenvalue weighted by Gasteiger charge is -2.06. The van der Waals surface area contributed by atoms with Gasteiger partial charge in [-0.3, -0.25) is 24.9 Å². The number of pyridine rings is 5. The molecule has 0 N–H and O–H groups in total. The molecule has 0 saturated carbocycles. The first-order chi connectivity index (χ1) is 14.9. The van der Waals surface area contributed by atoms with E-state index in [4.69, 9.17) is 0 Å². The van der Waals surface area contributed by atoms with Crippen LogP contribution in [0.4, 0.5) is 0 Å². The van der Waals surface area contributed by atoms with Crippen LogP contribution >= 0.6 is 0 Å². The standard InChI is InChI=1S/C15H11N3.C10H8N2/c1-3-9-16-13(7-1)12-6-5-11-18-15(12)14-8-2-4-10-17-14;1-3-7-11-9(5-1)10-6-2-4-8-12-10/h1-11H;1-8H. The van der Waals surface area contributed by atoms with Crippen molar-refractivity contribution in [2.75, 3.05) is 0 Å². The molecule has 5 aromatic rings. The maximum atomic E-state index is 4.42. The highest BCUT2D eigenvalue weighted by Crippen LogP contribution is 2.26. The van der Waals surface area contributed by atoms with Crippen molar-refractivity contribution in [2.24, 2.45) is 0 Å². The minimum atomic E-state index is 0.858. The van der Waals surface area contributed by atoms with Crippen molar-refractivity contribution in [1.29, 1.82) is 0 Å². The first-order valence-electron chi connectivity index (χ1n) is 9.52. The molecule has 5 aromatic heterocycles. The lowest BCUT2D eigenvalue weighted by Crippen LogP contribution is -1.92. The van der Waals surface area contributed by atoms with Gasteiger partial charge in [-0.05, 0) is 60.7 Å². The van der Waals surface area contributed by atoms with Gasteiger partial charge in [-0.2, -0.15) is 0 Å². The minimum Gasteiger partial charge on any atom is -0.256 e. The number of aromatic nitrogens is 5. The number of hydrogen-bond donors (Lipinski definition) is 0. The zero-order chi connectivity index (χ0) is 20.4. The Balaban J connectivity index is 0.000000158. The van der Waals surface area contributed by atoms with E-state index >= 15 is 0 Å². The van der Waals surface area contributed by atoms with Crippen molar-refractivity contribution < 1.29 is 0 Å². The second kappa shape index (κ2) is 9.80. The smallest absolute Gasteiger partial charge is 0.0980 e. The Morgan fingerprint density at radius 2 is 0.767 bits per heavy atom. The largest absolute Gasteiger partial charge is 0.256 e. The normalized spacial score (nSPS) is 10.0. The van der Waals surface area contributed by atoms with Gasteiger partial charge in [0.15, 0.2) is 0 Å². The fraction of sp³-hybridized carbons (Fsp3) is 0. The summed E-state index contributed by atoms with van der Waals surface area (Å²) >= 11 is 0. The van der Waals surface area contributed by atoms with Gasteiger partial charge in [0, 0.05) is 36.5 Å². The zero-order valence-electron chi connectivity index (χ0n) is 16.2. The molecule has 0 aliphatic heterocycles. The van der Waals surface area contributed by atoms with Gasteiger partial charge in [-0.1, -0.05) is 24.3 Å². The summed E-state index contributed by atoms with van der Waals surface area (Å²) in [6.07, 6.45) is 8.86. The van der Waals surface area contributed by atoms with Crippen molar-refractivity contribution in [3.05, 3.63) is 116 Å². The third-order valence-corrected chi connectivity index (χ3v) is 4.25. The van der Waals surface area contributed by atoms with E-state index in [1.807, 2.05) is 84.9 Å². The predicted octanol–water partition coefficient (Wildman–Crippen LogP) is 5.35. The molecule has 0 radical (unpaired) electrons. The number of rotatable bonds is 3. The average molecular weight is 389 g/mol. The van der Waals surface area contributed by atoms with E-state index in [0.717, 1.165) is 34.0 Å². The third kappa shape index (κ3) is 4.77. The summed E-state index contributed by atoms with van der Waals surface area (Å²) < 4.78 is 0. The third-order valence-electron chi connectivity index (χ3n) is 4.25. The molecular formula is C25H19N5. The van der Waals surface area contributed by atoms with Crippen LogP contribution < -0.4 is 0 Å². The fourth-order valence-corrected chi connectivity index (χ4v) is 2.87. The summed E-state index contributed by atoms with van der Waals surface area (Å²) in [4.78, 5) is 21.5. The van der Waals surface area contributed by atoms with Crippen LogP contribution in [0.1, 0.15) is 0 Å². The van der Waals surface area contributed by atoms with Gasteiger partial charge in [0.1, 0.15) is 0 Å². The van der Waals surface area contributed by atoms with Crippen LogP contribution in [0.25, 0.3) is 34.0 Å². The fourth-order valence-electron chi connectivity index (χ4n) is 2.87. The monoisotopic (exact) mass is 389 g/mol. The summed E-state index contributed by atoms with van der Waals surface area (Å²) in [5, 5.41) is 0. The molecule has 5 heteroatoms.